The lowest BCUT2D eigenvalue weighted by Crippen LogP contribution is -2.21. The molecule has 0 aliphatic carbocycles. The van der Waals surface area contributed by atoms with Gasteiger partial charge in [0.1, 0.15) is 5.82 Å². The molecule has 0 amide bonds. The third kappa shape index (κ3) is 3.71. The monoisotopic (exact) mass is 241 g/mol. The second-order valence-electron chi connectivity index (χ2n) is 3.76. The lowest BCUT2D eigenvalue weighted by atomic mass is 10.1. The smallest absolute Gasteiger partial charge is 0.337 e. The first-order chi connectivity index (χ1) is 8.08. The second-order valence-corrected chi connectivity index (χ2v) is 3.76. The number of aliphatic hydroxyl groups excluding tert-OH is 1. The van der Waals surface area contributed by atoms with Crippen LogP contribution in [0.2, 0.25) is 0 Å². The zero-order valence-corrected chi connectivity index (χ0v) is 9.61. The molecule has 1 aromatic carbocycles. The van der Waals surface area contributed by atoms with Crippen LogP contribution in [0.1, 0.15) is 30.1 Å². The van der Waals surface area contributed by atoms with E-state index < -0.39 is 11.8 Å². The summed E-state index contributed by atoms with van der Waals surface area (Å²) >= 11 is 0. The summed E-state index contributed by atoms with van der Waals surface area (Å²) in [6.45, 7) is 1.95. The minimum atomic E-state index is -1.18. The van der Waals surface area contributed by atoms with E-state index in [1.165, 1.54) is 12.1 Å². The fourth-order valence-electron chi connectivity index (χ4n) is 1.57. The van der Waals surface area contributed by atoms with Crippen molar-refractivity contribution in [3.05, 3.63) is 29.6 Å². The maximum Gasteiger partial charge on any atom is 0.337 e. The van der Waals surface area contributed by atoms with Crippen LogP contribution in [-0.2, 0) is 0 Å². The Balaban J connectivity index is 2.92. The molecule has 0 aliphatic heterocycles. The molecule has 0 bridgehead atoms. The van der Waals surface area contributed by atoms with E-state index in [4.69, 9.17) is 10.2 Å². The fourth-order valence-corrected chi connectivity index (χ4v) is 1.57. The molecule has 0 aromatic heterocycles. The Kier molecular flexibility index (Phi) is 4.90. The number of aromatic carboxylic acids is 1. The van der Waals surface area contributed by atoms with Crippen molar-refractivity contribution < 1.29 is 19.4 Å². The molecule has 0 radical (unpaired) electrons. The third-order valence-corrected chi connectivity index (χ3v) is 2.54. The summed E-state index contributed by atoms with van der Waals surface area (Å²) in [7, 11) is 0. The van der Waals surface area contributed by atoms with Gasteiger partial charge >= 0.3 is 5.97 Å². The molecule has 3 N–H and O–H groups in total. The van der Waals surface area contributed by atoms with Crippen LogP contribution in [-0.4, -0.2) is 28.8 Å². The van der Waals surface area contributed by atoms with Crippen molar-refractivity contribution in [2.45, 2.75) is 25.8 Å². The van der Waals surface area contributed by atoms with Gasteiger partial charge in [-0.3, -0.25) is 0 Å². The van der Waals surface area contributed by atoms with Crippen LogP contribution in [0.5, 0.6) is 0 Å². The summed E-state index contributed by atoms with van der Waals surface area (Å²) in [5, 5.41) is 20.8. The van der Waals surface area contributed by atoms with Crippen LogP contribution in [0.3, 0.4) is 0 Å². The van der Waals surface area contributed by atoms with Gasteiger partial charge in [-0.2, -0.15) is 0 Å². The number of nitrogens with one attached hydrogen (secondary N) is 1. The molecule has 0 aliphatic rings. The standard InChI is InChI=1S/C12H16FNO3/c1-2-9(5-6-15)14-11-4-3-8(13)7-10(11)12(16)17/h3-4,7,9,14-15H,2,5-6H2,1H3,(H,16,17). The molecule has 0 spiro atoms. The molecule has 0 heterocycles. The Labute approximate surface area is 99.1 Å². The molecule has 4 nitrogen and oxygen atoms in total. The van der Waals surface area contributed by atoms with Crippen LogP contribution < -0.4 is 5.32 Å². The lowest BCUT2D eigenvalue weighted by molar-refractivity contribution is 0.0697. The van der Waals surface area contributed by atoms with Crippen LogP contribution in [0.4, 0.5) is 10.1 Å². The van der Waals surface area contributed by atoms with Crippen molar-refractivity contribution >= 4 is 11.7 Å². The molecule has 0 saturated heterocycles. The van der Waals surface area contributed by atoms with E-state index in [2.05, 4.69) is 5.32 Å². The quantitative estimate of drug-likeness (QED) is 0.713. The SMILES string of the molecule is CCC(CCO)Nc1ccc(F)cc1C(=O)O. The first-order valence-corrected chi connectivity index (χ1v) is 5.48. The molecule has 5 heteroatoms. The third-order valence-electron chi connectivity index (χ3n) is 2.54. The van der Waals surface area contributed by atoms with Gasteiger partial charge in [-0.25, -0.2) is 9.18 Å². The normalized spacial score (nSPS) is 12.2. The number of anilines is 1. The van der Waals surface area contributed by atoms with Crippen LogP contribution in [0, 0.1) is 5.82 Å². The Morgan fingerprint density at radius 2 is 2.24 bits per heavy atom. The average Bonchev–Trinajstić information content (AvgIpc) is 2.30. The van der Waals surface area contributed by atoms with Crippen LogP contribution >= 0.6 is 0 Å². The van der Waals surface area contributed by atoms with E-state index in [0.717, 1.165) is 12.5 Å². The summed E-state index contributed by atoms with van der Waals surface area (Å²) in [4.78, 5) is 10.9. The molecule has 1 unspecified atom stereocenters. The number of carboxylic acid groups (broad SMARTS) is 1. The molecule has 1 atom stereocenters. The van der Waals surface area contributed by atoms with Gasteiger partial charge in [0.25, 0.3) is 0 Å². The highest BCUT2D eigenvalue weighted by atomic mass is 19.1. The molecule has 94 valence electrons. The van der Waals surface area contributed by atoms with E-state index in [9.17, 15) is 9.18 Å². The highest BCUT2D eigenvalue weighted by Gasteiger charge is 2.14. The summed E-state index contributed by atoms with van der Waals surface area (Å²) in [6, 6.07) is 3.57. The van der Waals surface area contributed by atoms with Crippen molar-refractivity contribution in [2.75, 3.05) is 11.9 Å². The highest BCUT2D eigenvalue weighted by molar-refractivity contribution is 5.94. The van der Waals surface area contributed by atoms with E-state index in [0.29, 0.717) is 12.1 Å². The predicted molar refractivity (Wildman–Crippen MR) is 62.8 cm³/mol. The van der Waals surface area contributed by atoms with Gasteiger partial charge in [-0.15, -0.1) is 0 Å². The van der Waals surface area contributed by atoms with Crippen LogP contribution in [0.15, 0.2) is 18.2 Å². The maximum atomic E-state index is 12.9. The summed E-state index contributed by atoms with van der Waals surface area (Å²) in [5.41, 5.74) is 0.278. The summed E-state index contributed by atoms with van der Waals surface area (Å²) in [6.07, 6.45) is 1.27. The molecule has 17 heavy (non-hydrogen) atoms. The molecule has 1 rings (SSSR count). The van der Waals surface area contributed by atoms with E-state index >= 15 is 0 Å². The number of rotatable bonds is 6. The van der Waals surface area contributed by atoms with E-state index in [1.54, 1.807) is 0 Å². The molecular formula is C12H16FNO3. The van der Waals surface area contributed by atoms with Gasteiger partial charge in [0.2, 0.25) is 0 Å². The van der Waals surface area contributed by atoms with Crippen molar-refractivity contribution in [1.82, 2.24) is 0 Å². The van der Waals surface area contributed by atoms with Gasteiger partial charge in [0.15, 0.2) is 0 Å². The van der Waals surface area contributed by atoms with Crippen molar-refractivity contribution in [2.24, 2.45) is 0 Å². The second kappa shape index (κ2) is 6.20. The van der Waals surface area contributed by atoms with Crippen LogP contribution in [0.25, 0.3) is 0 Å². The van der Waals surface area contributed by atoms with E-state index in [1.807, 2.05) is 6.92 Å². The van der Waals surface area contributed by atoms with Gasteiger partial charge in [-0.1, -0.05) is 6.92 Å². The van der Waals surface area contributed by atoms with Gasteiger partial charge in [0.05, 0.1) is 5.56 Å². The number of hydrogen-bond donors (Lipinski definition) is 3. The summed E-state index contributed by atoms with van der Waals surface area (Å²) < 4.78 is 12.9. The Morgan fingerprint density at radius 1 is 1.53 bits per heavy atom. The molecule has 0 saturated carbocycles. The minimum Gasteiger partial charge on any atom is -0.478 e. The Hall–Kier alpha value is -1.62. The van der Waals surface area contributed by atoms with Crippen molar-refractivity contribution in [3.8, 4) is 0 Å². The van der Waals surface area contributed by atoms with Crippen molar-refractivity contribution in [3.63, 3.8) is 0 Å². The zero-order chi connectivity index (χ0) is 12.8. The molecule has 0 fully saturated rings. The fraction of sp³-hybridized carbons (Fsp3) is 0.417. The topological polar surface area (TPSA) is 69.6 Å². The van der Waals surface area contributed by atoms with Gasteiger partial charge in [-0.05, 0) is 31.0 Å². The highest BCUT2D eigenvalue weighted by Crippen LogP contribution is 2.19. The van der Waals surface area contributed by atoms with Gasteiger partial charge in [0, 0.05) is 18.3 Å². The zero-order valence-electron chi connectivity index (χ0n) is 9.61. The van der Waals surface area contributed by atoms with Crippen molar-refractivity contribution in [1.29, 1.82) is 0 Å². The number of halogens is 1. The maximum absolute atomic E-state index is 12.9. The first kappa shape index (κ1) is 13.4. The summed E-state index contributed by atoms with van der Waals surface area (Å²) in [5.74, 6) is -1.76. The lowest BCUT2D eigenvalue weighted by Gasteiger charge is -2.18. The average molecular weight is 241 g/mol. The number of aliphatic hydroxyl groups is 1. The Bertz CT molecular complexity index is 395. The number of carbonyl (C=O) groups is 1. The first-order valence-electron chi connectivity index (χ1n) is 5.48. The molecular weight excluding hydrogens is 225 g/mol. The Morgan fingerprint density at radius 3 is 2.76 bits per heavy atom. The number of benzene rings is 1. The number of hydrogen-bond acceptors (Lipinski definition) is 3. The predicted octanol–water partition coefficient (Wildman–Crippen LogP) is 2.10. The molecule has 1 aromatic rings. The largest absolute Gasteiger partial charge is 0.478 e. The van der Waals surface area contributed by atoms with E-state index in [-0.39, 0.29) is 18.2 Å². The minimum absolute atomic E-state index is 0.0229. The van der Waals surface area contributed by atoms with Gasteiger partial charge < -0.3 is 15.5 Å². The number of carboxylic acids is 1.